The minimum Gasteiger partial charge on any atom is -0.481 e. The summed E-state index contributed by atoms with van der Waals surface area (Å²) in [6.07, 6.45) is 0. The highest BCUT2D eigenvalue weighted by Crippen LogP contribution is 2.33. The Kier molecular flexibility index (Phi) is 6.29. The van der Waals surface area contributed by atoms with Gasteiger partial charge >= 0.3 is 5.97 Å². The van der Waals surface area contributed by atoms with Crippen molar-refractivity contribution in [2.45, 2.75) is 26.7 Å². The first-order chi connectivity index (χ1) is 15.8. The molecule has 166 valence electrons. The molecule has 0 aliphatic heterocycles. The lowest BCUT2D eigenvalue weighted by atomic mass is 9.94. The number of carboxylic acid groups (broad SMARTS) is 1. The number of aliphatic carboxylic acids is 1. The summed E-state index contributed by atoms with van der Waals surface area (Å²) in [7, 11) is 0. The fourth-order valence-electron chi connectivity index (χ4n) is 4.08. The first-order valence-corrected chi connectivity index (χ1v) is 11.4. The molecular weight excluding hydrogens is 480 g/mol. The van der Waals surface area contributed by atoms with Gasteiger partial charge in [0.25, 0.3) is 5.91 Å². The third-order valence-electron chi connectivity index (χ3n) is 5.93. The molecule has 2 N–H and O–H groups in total. The van der Waals surface area contributed by atoms with E-state index in [1.807, 2.05) is 62.4 Å². The van der Waals surface area contributed by atoms with Crippen molar-refractivity contribution in [2.75, 3.05) is 5.32 Å². The summed E-state index contributed by atoms with van der Waals surface area (Å²) in [6.45, 7) is 5.37. The van der Waals surface area contributed by atoms with Crippen LogP contribution in [-0.2, 0) is 4.79 Å². The summed E-state index contributed by atoms with van der Waals surface area (Å²) in [4.78, 5) is 30.0. The molecule has 0 radical (unpaired) electrons. The Hall–Kier alpha value is -3.51. The van der Waals surface area contributed by atoms with Gasteiger partial charge in [0.2, 0.25) is 0 Å². The van der Waals surface area contributed by atoms with Crippen LogP contribution in [0.25, 0.3) is 22.2 Å². The molecule has 0 fully saturated rings. The van der Waals surface area contributed by atoms with Gasteiger partial charge in [-0.3, -0.25) is 9.59 Å². The van der Waals surface area contributed by atoms with Gasteiger partial charge in [-0.15, -0.1) is 0 Å². The number of pyridine rings is 1. The maximum Gasteiger partial charge on any atom is 0.310 e. The maximum atomic E-state index is 13.6. The number of carbonyl (C=O) groups excluding carboxylic acids is 1. The van der Waals surface area contributed by atoms with E-state index in [9.17, 15) is 14.7 Å². The van der Waals surface area contributed by atoms with Crippen LogP contribution in [0.2, 0.25) is 0 Å². The van der Waals surface area contributed by atoms with Crippen LogP contribution in [-0.4, -0.2) is 22.0 Å². The van der Waals surface area contributed by atoms with E-state index in [1.165, 1.54) is 0 Å². The minimum absolute atomic E-state index is 0.265. The van der Waals surface area contributed by atoms with E-state index < -0.39 is 11.9 Å². The number of fused-ring (bicyclic) bond motifs is 1. The minimum atomic E-state index is -0.907. The number of carboxylic acids is 1. The zero-order chi connectivity index (χ0) is 23.7. The summed E-state index contributed by atoms with van der Waals surface area (Å²) in [5, 5.41) is 13.2. The van der Waals surface area contributed by atoms with Crippen LogP contribution in [0.1, 0.15) is 39.9 Å². The van der Waals surface area contributed by atoms with Gasteiger partial charge in [-0.25, -0.2) is 4.98 Å². The van der Waals surface area contributed by atoms with E-state index in [0.717, 1.165) is 37.8 Å². The smallest absolute Gasteiger partial charge is 0.310 e. The van der Waals surface area contributed by atoms with Crippen molar-refractivity contribution in [3.63, 3.8) is 0 Å². The van der Waals surface area contributed by atoms with Gasteiger partial charge in [-0.05, 0) is 61.7 Å². The number of hydrogen-bond acceptors (Lipinski definition) is 3. The average Bonchev–Trinajstić information content (AvgIpc) is 2.80. The number of anilines is 1. The lowest BCUT2D eigenvalue weighted by molar-refractivity contribution is -0.138. The van der Waals surface area contributed by atoms with Crippen molar-refractivity contribution in [1.82, 2.24) is 4.98 Å². The standard InChI is InChI=1S/C27H23BrN2O3/c1-15-20(16(2)27(32)33)10-7-11-22(15)30-26(31)24-17(3)25(18-8-5-4-6-9-18)29-23-13-12-19(28)14-21(23)24/h4-14,16H,1-3H3,(H,30,31)(H,32,33). The number of benzene rings is 3. The molecule has 1 aromatic heterocycles. The van der Waals surface area contributed by atoms with Crippen LogP contribution in [0.4, 0.5) is 5.69 Å². The molecule has 0 saturated carbocycles. The van der Waals surface area contributed by atoms with Gasteiger partial charge in [0.15, 0.2) is 0 Å². The molecule has 1 unspecified atom stereocenters. The lowest BCUT2D eigenvalue weighted by Gasteiger charge is -2.18. The van der Waals surface area contributed by atoms with Crippen molar-refractivity contribution < 1.29 is 14.7 Å². The number of rotatable bonds is 5. The topological polar surface area (TPSA) is 79.3 Å². The number of carbonyl (C=O) groups is 2. The maximum absolute atomic E-state index is 13.6. The number of nitrogens with zero attached hydrogens (tertiary/aromatic N) is 1. The van der Waals surface area contributed by atoms with E-state index in [0.29, 0.717) is 16.8 Å². The van der Waals surface area contributed by atoms with E-state index >= 15 is 0 Å². The summed E-state index contributed by atoms with van der Waals surface area (Å²) in [5.74, 6) is -1.85. The highest BCUT2D eigenvalue weighted by molar-refractivity contribution is 9.10. The molecular formula is C27H23BrN2O3. The van der Waals surface area contributed by atoms with Gasteiger partial charge < -0.3 is 10.4 Å². The zero-order valence-corrected chi connectivity index (χ0v) is 20.1. The number of halogens is 1. The predicted octanol–water partition coefficient (Wildman–Crippen LogP) is 6.72. The van der Waals surface area contributed by atoms with Crippen molar-refractivity contribution in [1.29, 1.82) is 0 Å². The molecule has 1 atom stereocenters. The summed E-state index contributed by atoms with van der Waals surface area (Å²) >= 11 is 3.51. The lowest BCUT2D eigenvalue weighted by Crippen LogP contribution is -2.17. The van der Waals surface area contributed by atoms with Crippen LogP contribution in [0.3, 0.4) is 0 Å². The number of aromatic nitrogens is 1. The largest absolute Gasteiger partial charge is 0.481 e. The Labute approximate surface area is 200 Å². The quantitative estimate of drug-likeness (QED) is 0.317. The summed E-state index contributed by atoms with van der Waals surface area (Å²) < 4.78 is 0.853. The van der Waals surface area contributed by atoms with Gasteiger partial charge in [-0.2, -0.15) is 0 Å². The number of nitrogens with one attached hydrogen (secondary N) is 1. The molecule has 0 saturated heterocycles. The first-order valence-electron chi connectivity index (χ1n) is 10.6. The molecule has 0 aliphatic carbocycles. The number of hydrogen-bond donors (Lipinski definition) is 2. The molecule has 6 heteroatoms. The first kappa shape index (κ1) is 22.7. The van der Waals surface area contributed by atoms with Crippen LogP contribution >= 0.6 is 15.9 Å². The molecule has 5 nitrogen and oxygen atoms in total. The second-order valence-corrected chi connectivity index (χ2v) is 8.94. The Balaban J connectivity index is 1.85. The fraction of sp³-hybridized carbons (Fsp3) is 0.148. The van der Waals surface area contributed by atoms with Crippen LogP contribution in [0.5, 0.6) is 0 Å². The molecule has 4 aromatic rings. The van der Waals surface area contributed by atoms with E-state index in [1.54, 1.807) is 25.1 Å². The van der Waals surface area contributed by atoms with Crippen molar-refractivity contribution in [2.24, 2.45) is 0 Å². The summed E-state index contributed by atoms with van der Waals surface area (Å²) in [6, 6.07) is 20.8. The SMILES string of the molecule is Cc1c(NC(=O)c2c(C)c(-c3ccccc3)nc3ccc(Br)cc23)cccc1C(C)C(=O)O. The van der Waals surface area contributed by atoms with Crippen LogP contribution < -0.4 is 5.32 Å². The number of amides is 1. The molecule has 0 spiro atoms. The van der Waals surface area contributed by atoms with Crippen molar-refractivity contribution in [3.8, 4) is 11.3 Å². The predicted molar refractivity (Wildman–Crippen MR) is 135 cm³/mol. The highest BCUT2D eigenvalue weighted by Gasteiger charge is 2.22. The zero-order valence-electron chi connectivity index (χ0n) is 18.5. The Morgan fingerprint density at radius 3 is 2.39 bits per heavy atom. The molecule has 4 rings (SSSR count). The van der Waals surface area contributed by atoms with Gasteiger partial charge in [0.1, 0.15) is 0 Å². The highest BCUT2D eigenvalue weighted by atomic mass is 79.9. The Morgan fingerprint density at radius 2 is 1.70 bits per heavy atom. The second-order valence-electron chi connectivity index (χ2n) is 8.02. The van der Waals surface area contributed by atoms with Gasteiger partial charge in [0.05, 0.1) is 22.7 Å². The van der Waals surface area contributed by atoms with E-state index in [-0.39, 0.29) is 5.91 Å². The van der Waals surface area contributed by atoms with Crippen LogP contribution in [0, 0.1) is 13.8 Å². The van der Waals surface area contributed by atoms with E-state index in [4.69, 9.17) is 4.98 Å². The Bertz CT molecular complexity index is 1380. The molecule has 0 bridgehead atoms. The second kappa shape index (κ2) is 9.16. The molecule has 0 aliphatic rings. The van der Waals surface area contributed by atoms with Crippen LogP contribution in [0.15, 0.2) is 71.2 Å². The molecule has 3 aromatic carbocycles. The monoisotopic (exact) mass is 502 g/mol. The average molecular weight is 503 g/mol. The normalized spacial score (nSPS) is 11.9. The summed E-state index contributed by atoms with van der Waals surface area (Å²) in [5.41, 5.74) is 5.71. The van der Waals surface area contributed by atoms with Gasteiger partial charge in [0, 0.05) is 21.1 Å². The van der Waals surface area contributed by atoms with E-state index in [2.05, 4.69) is 21.2 Å². The fourth-order valence-corrected chi connectivity index (χ4v) is 4.44. The van der Waals surface area contributed by atoms with Crippen molar-refractivity contribution in [3.05, 3.63) is 93.5 Å². The Morgan fingerprint density at radius 1 is 0.970 bits per heavy atom. The molecule has 1 amide bonds. The molecule has 33 heavy (non-hydrogen) atoms. The molecule has 1 heterocycles. The van der Waals surface area contributed by atoms with Crippen molar-refractivity contribution >= 4 is 44.4 Å². The third kappa shape index (κ3) is 4.39. The third-order valence-corrected chi connectivity index (χ3v) is 6.42. The van der Waals surface area contributed by atoms with Gasteiger partial charge in [-0.1, -0.05) is 58.4 Å².